The van der Waals surface area contributed by atoms with Gasteiger partial charge in [-0.15, -0.1) is 10.2 Å². The third-order valence-electron chi connectivity index (χ3n) is 6.69. The molecule has 1 aliphatic rings. The van der Waals surface area contributed by atoms with Crippen LogP contribution in [0.25, 0.3) is 22.7 Å². The van der Waals surface area contributed by atoms with Crippen LogP contribution in [0.5, 0.6) is 0 Å². The monoisotopic (exact) mass is 497 g/mol. The average Bonchev–Trinajstić information content (AvgIpc) is 3.61. The Morgan fingerprint density at radius 3 is 2.69 bits per heavy atom. The third kappa shape index (κ3) is 4.49. The maximum Gasteiger partial charge on any atom is 0.330 e. The highest BCUT2D eigenvalue weighted by molar-refractivity contribution is 7.98. The van der Waals surface area contributed by atoms with Gasteiger partial charge in [-0.05, 0) is 38.3 Å². The molecule has 5 rings (SSSR count). The molecule has 4 aromatic rings. The van der Waals surface area contributed by atoms with E-state index >= 15 is 0 Å². The SMILES string of the molecule is CCCCn1c(=O)[nH]c(=O)c2c1nc(CSc1nnc(-c3ccco3)n1C1CCCCC1)n2CC. The number of nitrogens with zero attached hydrogens (tertiary/aromatic N) is 6. The molecule has 0 atom stereocenters. The van der Waals surface area contributed by atoms with Crippen LogP contribution in [-0.2, 0) is 18.8 Å². The van der Waals surface area contributed by atoms with Gasteiger partial charge < -0.3 is 8.98 Å². The number of aromatic nitrogens is 7. The van der Waals surface area contributed by atoms with Crippen molar-refractivity contribution in [3.63, 3.8) is 0 Å². The molecule has 4 aromatic heterocycles. The lowest BCUT2D eigenvalue weighted by molar-refractivity contribution is 0.337. The van der Waals surface area contributed by atoms with Crippen molar-refractivity contribution < 1.29 is 4.42 Å². The topological polar surface area (TPSA) is 117 Å². The molecule has 1 fully saturated rings. The van der Waals surface area contributed by atoms with E-state index in [1.165, 1.54) is 19.3 Å². The zero-order valence-corrected chi connectivity index (χ0v) is 21.0. The maximum absolute atomic E-state index is 12.7. The number of thioether (sulfide) groups is 1. The van der Waals surface area contributed by atoms with E-state index in [2.05, 4.69) is 26.7 Å². The molecule has 10 nitrogen and oxygen atoms in total. The highest BCUT2D eigenvalue weighted by Crippen LogP contribution is 2.36. The smallest absolute Gasteiger partial charge is 0.330 e. The van der Waals surface area contributed by atoms with E-state index < -0.39 is 11.2 Å². The summed E-state index contributed by atoms with van der Waals surface area (Å²) < 4.78 is 11.4. The molecule has 0 amide bonds. The summed E-state index contributed by atoms with van der Waals surface area (Å²) in [4.78, 5) is 32.5. The van der Waals surface area contributed by atoms with Crippen molar-refractivity contribution in [2.75, 3.05) is 0 Å². The number of furan rings is 1. The first kappa shape index (κ1) is 23.7. The van der Waals surface area contributed by atoms with Crippen LogP contribution in [0, 0.1) is 0 Å². The van der Waals surface area contributed by atoms with Crippen LogP contribution in [0.4, 0.5) is 0 Å². The highest BCUT2D eigenvalue weighted by Gasteiger charge is 2.26. The predicted octanol–water partition coefficient (Wildman–Crippen LogP) is 4.36. The van der Waals surface area contributed by atoms with Gasteiger partial charge in [-0.25, -0.2) is 9.78 Å². The summed E-state index contributed by atoms with van der Waals surface area (Å²) >= 11 is 1.56. The number of hydrogen-bond acceptors (Lipinski definition) is 7. The van der Waals surface area contributed by atoms with Crippen molar-refractivity contribution in [2.45, 2.75) is 88.8 Å². The van der Waals surface area contributed by atoms with E-state index in [9.17, 15) is 9.59 Å². The van der Waals surface area contributed by atoms with Crippen molar-refractivity contribution in [2.24, 2.45) is 0 Å². The van der Waals surface area contributed by atoms with E-state index in [1.807, 2.05) is 23.6 Å². The fourth-order valence-corrected chi connectivity index (χ4v) is 5.89. The van der Waals surface area contributed by atoms with Crippen LogP contribution in [0.2, 0.25) is 0 Å². The second-order valence-corrected chi connectivity index (χ2v) is 9.89. The summed E-state index contributed by atoms with van der Waals surface area (Å²) in [7, 11) is 0. The molecule has 0 saturated heterocycles. The van der Waals surface area contributed by atoms with Gasteiger partial charge in [0.05, 0.1) is 12.0 Å². The van der Waals surface area contributed by atoms with Crippen LogP contribution in [0.1, 0.15) is 70.7 Å². The molecule has 4 heterocycles. The van der Waals surface area contributed by atoms with Gasteiger partial charge in [0.25, 0.3) is 5.56 Å². The number of H-pyrrole nitrogens is 1. The molecular weight excluding hydrogens is 466 g/mol. The minimum absolute atomic E-state index is 0.327. The van der Waals surface area contributed by atoms with E-state index in [4.69, 9.17) is 9.40 Å². The van der Waals surface area contributed by atoms with E-state index in [-0.39, 0.29) is 0 Å². The molecule has 11 heteroatoms. The van der Waals surface area contributed by atoms with Gasteiger partial charge in [0, 0.05) is 19.1 Å². The summed E-state index contributed by atoms with van der Waals surface area (Å²) in [5.41, 5.74) is 0.100. The Balaban J connectivity index is 1.51. The molecule has 35 heavy (non-hydrogen) atoms. The molecule has 0 bridgehead atoms. The number of unbranched alkanes of at least 4 members (excludes halogenated alkanes) is 1. The summed E-state index contributed by atoms with van der Waals surface area (Å²) in [6, 6.07) is 4.10. The molecule has 0 aliphatic heterocycles. The van der Waals surface area contributed by atoms with Gasteiger partial charge in [-0.3, -0.25) is 18.9 Å². The van der Waals surface area contributed by atoms with Crippen LogP contribution in [0.3, 0.4) is 0 Å². The Hall–Kier alpha value is -3.08. The molecule has 186 valence electrons. The number of imidazole rings is 1. The van der Waals surface area contributed by atoms with Crippen LogP contribution in [-0.4, -0.2) is 33.9 Å². The zero-order chi connectivity index (χ0) is 24.4. The van der Waals surface area contributed by atoms with Crippen molar-refractivity contribution >= 4 is 22.9 Å². The van der Waals surface area contributed by atoms with Crippen molar-refractivity contribution in [3.05, 3.63) is 45.1 Å². The maximum atomic E-state index is 12.7. The number of rotatable bonds is 9. The van der Waals surface area contributed by atoms with Gasteiger partial charge >= 0.3 is 5.69 Å². The summed E-state index contributed by atoms with van der Waals surface area (Å²) in [5.74, 6) is 2.71. The van der Waals surface area contributed by atoms with E-state index in [0.29, 0.717) is 41.8 Å². The molecule has 1 aliphatic carbocycles. The van der Waals surface area contributed by atoms with E-state index in [1.54, 1.807) is 22.6 Å². The highest BCUT2D eigenvalue weighted by atomic mass is 32.2. The summed E-state index contributed by atoms with van der Waals surface area (Å²) in [6.07, 6.45) is 9.25. The quantitative estimate of drug-likeness (QED) is 0.342. The molecule has 0 radical (unpaired) electrons. The van der Waals surface area contributed by atoms with Gasteiger partial charge in [-0.2, -0.15) is 0 Å². The van der Waals surface area contributed by atoms with Gasteiger partial charge in [0.15, 0.2) is 22.1 Å². The Morgan fingerprint density at radius 2 is 1.97 bits per heavy atom. The van der Waals surface area contributed by atoms with Gasteiger partial charge in [0.1, 0.15) is 5.82 Å². The van der Waals surface area contributed by atoms with Gasteiger partial charge in [-0.1, -0.05) is 44.4 Å². The summed E-state index contributed by atoms with van der Waals surface area (Å²) in [5, 5.41) is 9.81. The number of nitrogens with one attached hydrogen (secondary N) is 1. The van der Waals surface area contributed by atoms with Crippen LogP contribution in [0.15, 0.2) is 37.6 Å². The molecule has 0 aromatic carbocycles. The third-order valence-corrected chi connectivity index (χ3v) is 7.63. The van der Waals surface area contributed by atoms with Crippen molar-refractivity contribution in [1.82, 2.24) is 33.9 Å². The first-order valence-corrected chi connectivity index (χ1v) is 13.4. The van der Waals surface area contributed by atoms with Crippen LogP contribution >= 0.6 is 11.8 Å². The first-order chi connectivity index (χ1) is 17.1. The first-order valence-electron chi connectivity index (χ1n) is 12.5. The molecule has 0 spiro atoms. The Morgan fingerprint density at radius 1 is 1.14 bits per heavy atom. The Kier molecular flexibility index (Phi) is 6.94. The summed E-state index contributed by atoms with van der Waals surface area (Å²) in [6.45, 7) is 5.16. The lowest BCUT2D eigenvalue weighted by Gasteiger charge is -2.25. The minimum Gasteiger partial charge on any atom is -0.461 e. The molecular formula is C24H31N7O3S. The Labute approximate surface area is 206 Å². The predicted molar refractivity (Wildman–Crippen MR) is 135 cm³/mol. The second kappa shape index (κ2) is 10.3. The zero-order valence-electron chi connectivity index (χ0n) is 20.2. The number of aromatic amines is 1. The number of hydrogen-bond donors (Lipinski definition) is 1. The fraction of sp³-hybridized carbons (Fsp3) is 0.542. The normalized spacial score (nSPS) is 14.8. The fourth-order valence-electron chi connectivity index (χ4n) is 4.94. The number of aryl methyl sites for hydroxylation is 2. The van der Waals surface area contributed by atoms with E-state index in [0.717, 1.165) is 42.5 Å². The minimum atomic E-state index is -0.406. The molecule has 1 saturated carbocycles. The lowest BCUT2D eigenvalue weighted by Crippen LogP contribution is -2.31. The van der Waals surface area contributed by atoms with Gasteiger partial charge in [0.2, 0.25) is 5.82 Å². The van der Waals surface area contributed by atoms with Crippen molar-refractivity contribution in [3.8, 4) is 11.6 Å². The Bertz CT molecular complexity index is 1410. The largest absolute Gasteiger partial charge is 0.461 e. The van der Waals surface area contributed by atoms with Crippen LogP contribution < -0.4 is 11.2 Å². The standard InChI is InChI=1S/C24H31N7O3S/c1-3-5-13-30-21-19(22(32)26-23(30)33)29(4-2)18(25-21)15-35-24-28-27-20(17-12-9-14-34-17)31(24)16-10-7-6-8-11-16/h9,12,14,16H,3-8,10-11,13,15H2,1-2H3,(H,26,32,33). The molecule has 1 N–H and O–H groups in total. The lowest BCUT2D eigenvalue weighted by atomic mass is 9.95. The van der Waals surface area contributed by atoms with Crippen molar-refractivity contribution in [1.29, 1.82) is 0 Å². The average molecular weight is 498 g/mol. The second-order valence-electron chi connectivity index (χ2n) is 8.94. The molecule has 0 unspecified atom stereocenters. The number of fused-ring (bicyclic) bond motifs is 1.